The third-order valence-electron chi connectivity index (χ3n) is 4.35. The highest BCUT2D eigenvalue weighted by Gasteiger charge is 2.38. The number of benzene rings is 1. The van der Waals surface area contributed by atoms with Crippen LogP contribution in [0, 0.1) is 6.92 Å². The van der Waals surface area contributed by atoms with Crippen molar-refractivity contribution in [3.8, 4) is 0 Å². The first-order valence-corrected chi connectivity index (χ1v) is 7.21. The maximum Gasteiger partial charge on any atom is 0.267 e. The average molecular weight is 281 g/mol. The predicted octanol–water partition coefficient (Wildman–Crippen LogP) is 2.72. The van der Waals surface area contributed by atoms with Gasteiger partial charge in [-0.15, -0.1) is 0 Å². The van der Waals surface area contributed by atoms with Gasteiger partial charge in [0.1, 0.15) is 0 Å². The van der Waals surface area contributed by atoms with Crippen molar-refractivity contribution in [1.29, 1.82) is 0 Å². The van der Waals surface area contributed by atoms with E-state index in [0.29, 0.717) is 23.0 Å². The van der Waals surface area contributed by atoms with E-state index < -0.39 is 0 Å². The SMILES string of the molecule is Cc1cc(N2C(=O)c3ccccc3C2=O)nn1C1CCC1. The van der Waals surface area contributed by atoms with Crippen LogP contribution in [-0.2, 0) is 0 Å². The highest BCUT2D eigenvalue weighted by atomic mass is 16.2. The molecule has 5 heteroatoms. The molecule has 2 aliphatic rings. The fraction of sp³-hybridized carbons (Fsp3) is 0.312. The molecule has 1 aromatic carbocycles. The number of hydrogen-bond donors (Lipinski definition) is 0. The van der Waals surface area contributed by atoms with Gasteiger partial charge >= 0.3 is 0 Å². The summed E-state index contributed by atoms with van der Waals surface area (Å²) in [6.45, 7) is 1.97. The number of imide groups is 1. The number of rotatable bonds is 2. The molecular formula is C16H15N3O2. The van der Waals surface area contributed by atoms with Crippen molar-refractivity contribution in [2.75, 3.05) is 4.90 Å². The third kappa shape index (κ3) is 1.67. The fourth-order valence-corrected chi connectivity index (χ4v) is 2.98. The van der Waals surface area contributed by atoms with Crippen molar-refractivity contribution in [1.82, 2.24) is 9.78 Å². The molecule has 0 radical (unpaired) electrons. The molecule has 5 nitrogen and oxygen atoms in total. The zero-order chi connectivity index (χ0) is 14.6. The van der Waals surface area contributed by atoms with Crippen molar-refractivity contribution in [2.24, 2.45) is 0 Å². The molecule has 0 bridgehead atoms. The van der Waals surface area contributed by atoms with E-state index in [-0.39, 0.29) is 11.8 Å². The molecule has 1 aliphatic carbocycles. The zero-order valence-corrected chi connectivity index (χ0v) is 11.7. The van der Waals surface area contributed by atoms with Crippen LogP contribution in [-0.4, -0.2) is 21.6 Å². The lowest BCUT2D eigenvalue weighted by atomic mass is 9.93. The molecule has 106 valence electrons. The van der Waals surface area contributed by atoms with E-state index >= 15 is 0 Å². The smallest absolute Gasteiger partial charge is 0.267 e. The number of anilines is 1. The topological polar surface area (TPSA) is 55.2 Å². The Morgan fingerprint density at radius 3 is 2.24 bits per heavy atom. The molecule has 1 aromatic heterocycles. The Kier molecular flexibility index (Phi) is 2.51. The molecule has 0 N–H and O–H groups in total. The summed E-state index contributed by atoms with van der Waals surface area (Å²) >= 11 is 0. The highest BCUT2D eigenvalue weighted by Crippen LogP contribution is 2.34. The molecule has 1 saturated carbocycles. The fourth-order valence-electron chi connectivity index (χ4n) is 2.98. The van der Waals surface area contributed by atoms with E-state index in [0.717, 1.165) is 18.5 Å². The minimum Gasteiger partial charge on any atom is -0.268 e. The van der Waals surface area contributed by atoms with Crippen LogP contribution in [0.3, 0.4) is 0 Å². The van der Waals surface area contributed by atoms with E-state index in [1.807, 2.05) is 17.7 Å². The largest absolute Gasteiger partial charge is 0.268 e. The molecule has 21 heavy (non-hydrogen) atoms. The Hall–Kier alpha value is -2.43. The molecule has 0 saturated heterocycles. The number of aryl methyl sites for hydroxylation is 1. The molecule has 2 aromatic rings. The lowest BCUT2D eigenvalue weighted by molar-refractivity contribution is 0.0924. The van der Waals surface area contributed by atoms with Crippen LogP contribution in [0.2, 0.25) is 0 Å². The monoisotopic (exact) mass is 281 g/mol. The van der Waals surface area contributed by atoms with Crippen molar-refractivity contribution < 1.29 is 9.59 Å². The van der Waals surface area contributed by atoms with Gasteiger partial charge in [0, 0.05) is 11.8 Å². The van der Waals surface area contributed by atoms with Gasteiger partial charge in [0.2, 0.25) is 0 Å². The normalized spacial score (nSPS) is 18.0. The first kappa shape index (κ1) is 12.3. The summed E-state index contributed by atoms with van der Waals surface area (Å²) in [5.41, 5.74) is 1.91. The van der Waals surface area contributed by atoms with Crippen molar-refractivity contribution in [3.63, 3.8) is 0 Å². The van der Waals surface area contributed by atoms with Gasteiger partial charge in [-0.2, -0.15) is 5.10 Å². The van der Waals surface area contributed by atoms with E-state index in [1.54, 1.807) is 24.3 Å². The van der Waals surface area contributed by atoms with Gasteiger partial charge in [0.05, 0.1) is 17.2 Å². The van der Waals surface area contributed by atoms with E-state index in [1.165, 1.54) is 11.3 Å². The number of aromatic nitrogens is 2. The van der Waals surface area contributed by atoms with E-state index in [2.05, 4.69) is 5.10 Å². The van der Waals surface area contributed by atoms with Crippen LogP contribution in [0.15, 0.2) is 30.3 Å². The number of nitrogens with zero attached hydrogens (tertiary/aromatic N) is 3. The van der Waals surface area contributed by atoms with Crippen LogP contribution in [0.5, 0.6) is 0 Å². The quantitative estimate of drug-likeness (QED) is 0.795. The Labute approximate surface area is 122 Å². The summed E-state index contributed by atoms with van der Waals surface area (Å²) in [6, 6.07) is 9.14. The second kappa shape index (κ2) is 4.28. The molecule has 2 amide bonds. The minimum absolute atomic E-state index is 0.283. The summed E-state index contributed by atoms with van der Waals surface area (Å²) < 4.78 is 1.95. The highest BCUT2D eigenvalue weighted by molar-refractivity contribution is 6.34. The van der Waals surface area contributed by atoms with Gasteiger partial charge in [-0.1, -0.05) is 12.1 Å². The number of amides is 2. The Bertz CT molecular complexity index is 724. The lowest BCUT2D eigenvalue weighted by Crippen LogP contribution is -2.30. The van der Waals surface area contributed by atoms with Crippen LogP contribution < -0.4 is 4.90 Å². The van der Waals surface area contributed by atoms with Crippen LogP contribution in [0.4, 0.5) is 5.82 Å². The number of carbonyl (C=O) groups is 2. The maximum atomic E-state index is 12.4. The number of hydrogen-bond acceptors (Lipinski definition) is 3. The third-order valence-corrected chi connectivity index (χ3v) is 4.35. The van der Waals surface area contributed by atoms with Gasteiger partial charge in [0.25, 0.3) is 11.8 Å². The van der Waals surface area contributed by atoms with Crippen LogP contribution in [0.1, 0.15) is 51.7 Å². The van der Waals surface area contributed by atoms with Crippen molar-refractivity contribution in [2.45, 2.75) is 32.2 Å². The molecule has 2 heterocycles. The van der Waals surface area contributed by atoms with Gasteiger partial charge in [-0.25, -0.2) is 4.90 Å². The molecule has 1 aliphatic heterocycles. The van der Waals surface area contributed by atoms with Gasteiger partial charge in [-0.3, -0.25) is 14.3 Å². The number of carbonyl (C=O) groups excluding carboxylic acids is 2. The van der Waals surface area contributed by atoms with Crippen LogP contribution >= 0.6 is 0 Å². The molecule has 0 spiro atoms. The molecule has 1 fully saturated rings. The molecular weight excluding hydrogens is 266 g/mol. The Morgan fingerprint density at radius 1 is 1.10 bits per heavy atom. The van der Waals surface area contributed by atoms with Crippen molar-refractivity contribution in [3.05, 3.63) is 47.2 Å². The summed E-state index contributed by atoms with van der Waals surface area (Å²) in [5.74, 6) is -0.131. The van der Waals surface area contributed by atoms with Crippen LogP contribution in [0.25, 0.3) is 0 Å². The second-order valence-corrected chi connectivity index (χ2v) is 5.66. The Morgan fingerprint density at radius 2 is 1.71 bits per heavy atom. The summed E-state index contributed by atoms with van der Waals surface area (Å²) in [6.07, 6.45) is 3.44. The van der Waals surface area contributed by atoms with E-state index in [9.17, 15) is 9.59 Å². The van der Waals surface area contributed by atoms with Crippen molar-refractivity contribution >= 4 is 17.6 Å². The van der Waals surface area contributed by atoms with Gasteiger partial charge < -0.3 is 0 Å². The summed E-state index contributed by atoms with van der Waals surface area (Å²) in [5, 5.41) is 4.50. The van der Waals surface area contributed by atoms with Gasteiger partial charge in [-0.05, 0) is 38.3 Å². The standard InChI is InChI=1S/C16H15N3O2/c1-10-9-14(17-19(10)11-5-4-6-11)18-15(20)12-7-2-3-8-13(12)16(18)21/h2-3,7-9,11H,4-6H2,1H3. The van der Waals surface area contributed by atoms with Gasteiger partial charge in [0.15, 0.2) is 5.82 Å². The molecule has 0 atom stereocenters. The maximum absolute atomic E-state index is 12.4. The molecule has 4 rings (SSSR count). The summed E-state index contributed by atoms with van der Waals surface area (Å²) in [4.78, 5) is 26.1. The molecule has 0 unspecified atom stereocenters. The second-order valence-electron chi connectivity index (χ2n) is 5.66. The average Bonchev–Trinajstić information content (AvgIpc) is 2.89. The minimum atomic E-state index is -0.283. The predicted molar refractivity (Wildman–Crippen MR) is 77.4 cm³/mol. The lowest BCUT2D eigenvalue weighted by Gasteiger charge is -2.26. The first-order valence-electron chi connectivity index (χ1n) is 7.21. The first-order chi connectivity index (χ1) is 10.2. The summed E-state index contributed by atoms with van der Waals surface area (Å²) in [7, 11) is 0. The Balaban J connectivity index is 1.75. The van der Waals surface area contributed by atoms with E-state index in [4.69, 9.17) is 0 Å². The zero-order valence-electron chi connectivity index (χ0n) is 11.7. The number of fused-ring (bicyclic) bond motifs is 1.